The molecule has 1 aromatic carbocycles. The fraction of sp³-hybridized carbons (Fsp3) is 0.520. The Balaban J connectivity index is 1.74. The summed E-state index contributed by atoms with van der Waals surface area (Å²) in [5, 5.41) is 5.86. The Morgan fingerprint density at radius 3 is 2.65 bits per heavy atom. The molecule has 9 heteroatoms. The maximum atomic E-state index is 13.4. The Hall–Kier alpha value is -3.36. The van der Waals surface area contributed by atoms with E-state index in [1.54, 1.807) is 43.5 Å². The lowest BCUT2D eigenvalue weighted by atomic mass is 9.90. The zero-order valence-corrected chi connectivity index (χ0v) is 20.6. The molecule has 2 aromatic rings. The molecule has 0 saturated heterocycles. The Morgan fingerprint density at radius 2 is 2.00 bits per heavy atom. The second-order valence-corrected chi connectivity index (χ2v) is 9.52. The molecule has 0 unspecified atom stereocenters. The summed E-state index contributed by atoms with van der Waals surface area (Å²) in [5.74, 6) is 1.61. The smallest absolute Gasteiger partial charge is 0.251 e. The summed E-state index contributed by atoms with van der Waals surface area (Å²) in [4.78, 5) is 38.9. The van der Waals surface area contributed by atoms with Crippen LogP contribution in [0.1, 0.15) is 56.8 Å². The molecule has 0 atom stereocenters. The zero-order valence-electron chi connectivity index (χ0n) is 20.6. The number of nitrogens with one attached hydrogen (secondary N) is 2. The molecule has 2 N–H and O–H groups in total. The van der Waals surface area contributed by atoms with E-state index >= 15 is 0 Å². The van der Waals surface area contributed by atoms with Gasteiger partial charge in [-0.25, -0.2) is 4.98 Å². The highest BCUT2D eigenvalue weighted by Crippen LogP contribution is 2.41. The Kier molecular flexibility index (Phi) is 6.63. The molecule has 1 aliphatic carbocycles. The number of aromatic nitrogens is 2. The highest BCUT2D eigenvalue weighted by molar-refractivity contribution is 6.01. The van der Waals surface area contributed by atoms with Gasteiger partial charge in [0.05, 0.1) is 24.4 Å². The molecule has 1 aliphatic heterocycles. The molecule has 0 bridgehead atoms. The summed E-state index contributed by atoms with van der Waals surface area (Å²) in [7, 11) is 3.15. The molecule has 1 saturated carbocycles. The van der Waals surface area contributed by atoms with Gasteiger partial charge in [-0.2, -0.15) is 4.98 Å². The van der Waals surface area contributed by atoms with Crippen LogP contribution in [0.25, 0.3) is 0 Å². The van der Waals surface area contributed by atoms with E-state index in [9.17, 15) is 9.59 Å². The van der Waals surface area contributed by atoms with E-state index < -0.39 is 5.41 Å². The third-order valence-corrected chi connectivity index (χ3v) is 6.72. The van der Waals surface area contributed by atoms with Crippen molar-refractivity contribution in [1.82, 2.24) is 15.3 Å². The second-order valence-electron chi connectivity index (χ2n) is 9.52. The number of benzene rings is 1. The topological polar surface area (TPSA) is 99.7 Å². The first-order chi connectivity index (χ1) is 16.3. The number of fused-ring (bicyclic) bond motifs is 1. The van der Waals surface area contributed by atoms with Crippen molar-refractivity contribution in [2.24, 2.45) is 5.41 Å². The van der Waals surface area contributed by atoms with Gasteiger partial charge in [-0.3, -0.25) is 9.59 Å². The molecule has 182 valence electrons. The lowest BCUT2D eigenvalue weighted by Gasteiger charge is -2.34. The minimum atomic E-state index is -0.536. The summed E-state index contributed by atoms with van der Waals surface area (Å²) in [6.45, 7) is 7.17. The molecule has 2 heterocycles. The van der Waals surface area contributed by atoms with Crippen LogP contribution in [0.15, 0.2) is 24.4 Å². The Bertz CT molecular complexity index is 1080. The average molecular weight is 467 g/mol. The van der Waals surface area contributed by atoms with Crippen molar-refractivity contribution in [2.75, 3.05) is 42.4 Å². The third-order valence-electron chi connectivity index (χ3n) is 6.72. The Labute approximate surface area is 200 Å². The lowest BCUT2D eigenvalue weighted by Crippen LogP contribution is -2.46. The van der Waals surface area contributed by atoms with Crippen molar-refractivity contribution in [2.45, 2.75) is 52.5 Å². The Morgan fingerprint density at radius 1 is 1.26 bits per heavy atom. The van der Waals surface area contributed by atoms with Crippen LogP contribution in [-0.4, -0.2) is 55.1 Å². The van der Waals surface area contributed by atoms with Crippen LogP contribution in [0.3, 0.4) is 0 Å². The predicted octanol–water partition coefficient (Wildman–Crippen LogP) is 3.73. The van der Waals surface area contributed by atoms with Crippen molar-refractivity contribution in [3.63, 3.8) is 0 Å². The van der Waals surface area contributed by atoms with E-state index in [1.165, 1.54) is 12.8 Å². The van der Waals surface area contributed by atoms with E-state index in [-0.39, 0.29) is 11.8 Å². The van der Waals surface area contributed by atoms with E-state index in [0.717, 1.165) is 24.3 Å². The van der Waals surface area contributed by atoms with Gasteiger partial charge in [0, 0.05) is 31.7 Å². The molecular weight excluding hydrogens is 432 g/mol. The fourth-order valence-electron chi connectivity index (χ4n) is 4.90. The van der Waals surface area contributed by atoms with Gasteiger partial charge in [-0.15, -0.1) is 0 Å². The number of methoxy groups -OCH3 is 1. The minimum absolute atomic E-state index is 0.0903. The normalized spacial score (nSPS) is 17.9. The number of anilines is 4. The van der Waals surface area contributed by atoms with Gasteiger partial charge >= 0.3 is 0 Å². The third kappa shape index (κ3) is 4.38. The maximum Gasteiger partial charge on any atom is 0.251 e. The summed E-state index contributed by atoms with van der Waals surface area (Å²) in [6.07, 6.45) is 6.30. The number of hydrogen-bond donors (Lipinski definition) is 2. The summed E-state index contributed by atoms with van der Waals surface area (Å²) < 4.78 is 5.50. The van der Waals surface area contributed by atoms with Crippen LogP contribution in [0.5, 0.6) is 5.75 Å². The highest BCUT2D eigenvalue weighted by atomic mass is 16.5. The standard InChI is InChI=1S/C25H34N6O3/c1-6-30-19-14-27-24(28-18-12-11-16(22(32)26-4)13-20(18)34-5)29-21(19)31(17-9-7-8-10-17)15-25(2,3)23(30)33/h11-14,17H,6-10,15H2,1-5H3,(H,26,32)(H,27,28,29). The molecule has 1 aromatic heterocycles. The van der Waals surface area contributed by atoms with Crippen LogP contribution in [-0.2, 0) is 4.79 Å². The van der Waals surface area contributed by atoms with E-state index in [0.29, 0.717) is 42.1 Å². The van der Waals surface area contributed by atoms with Crippen LogP contribution >= 0.6 is 0 Å². The number of carbonyl (C=O) groups excluding carboxylic acids is 2. The number of hydrogen-bond acceptors (Lipinski definition) is 7. The predicted molar refractivity (Wildman–Crippen MR) is 133 cm³/mol. The van der Waals surface area contributed by atoms with Gasteiger partial charge < -0.3 is 25.2 Å². The molecule has 2 aliphatic rings. The maximum absolute atomic E-state index is 13.4. The molecule has 4 rings (SSSR count). The molecule has 34 heavy (non-hydrogen) atoms. The number of ether oxygens (including phenoxy) is 1. The molecule has 1 fully saturated rings. The van der Waals surface area contributed by atoms with Gasteiger partial charge in [-0.1, -0.05) is 12.8 Å². The van der Waals surface area contributed by atoms with Gasteiger partial charge in [0.15, 0.2) is 5.82 Å². The monoisotopic (exact) mass is 466 g/mol. The van der Waals surface area contributed by atoms with Gasteiger partial charge in [0.2, 0.25) is 11.9 Å². The first kappa shape index (κ1) is 23.8. The fourth-order valence-corrected chi connectivity index (χ4v) is 4.90. The van der Waals surface area contributed by atoms with Gasteiger partial charge in [0.25, 0.3) is 5.91 Å². The van der Waals surface area contributed by atoms with Gasteiger partial charge in [-0.05, 0) is 51.8 Å². The molecular formula is C25H34N6O3. The number of carbonyl (C=O) groups is 2. The van der Waals surface area contributed by atoms with E-state index in [2.05, 4.69) is 20.5 Å². The first-order valence-corrected chi connectivity index (χ1v) is 11.9. The molecule has 2 amide bonds. The largest absolute Gasteiger partial charge is 0.495 e. The number of nitrogens with zero attached hydrogens (tertiary/aromatic N) is 4. The first-order valence-electron chi connectivity index (χ1n) is 11.9. The van der Waals surface area contributed by atoms with Crippen molar-refractivity contribution in [3.8, 4) is 5.75 Å². The van der Waals surface area contributed by atoms with Crippen LogP contribution < -0.4 is 25.2 Å². The van der Waals surface area contributed by atoms with E-state index in [4.69, 9.17) is 9.72 Å². The summed E-state index contributed by atoms with van der Waals surface area (Å²) in [6, 6.07) is 5.53. The number of amides is 2. The molecule has 0 radical (unpaired) electrons. The van der Waals surface area contributed by atoms with Crippen LogP contribution in [0, 0.1) is 5.41 Å². The van der Waals surface area contributed by atoms with Crippen molar-refractivity contribution in [1.29, 1.82) is 0 Å². The van der Waals surface area contributed by atoms with Crippen molar-refractivity contribution in [3.05, 3.63) is 30.0 Å². The highest BCUT2D eigenvalue weighted by Gasteiger charge is 2.42. The van der Waals surface area contributed by atoms with E-state index in [1.807, 2.05) is 20.8 Å². The van der Waals surface area contributed by atoms with Gasteiger partial charge in [0.1, 0.15) is 11.4 Å². The van der Waals surface area contributed by atoms with Crippen LogP contribution in [0.4, 0.5) is 23.1 Å². The lowest BCUT2D eigenvalue weighted by molar-refractivity contribution is -0.126. The summed E-state index contributed by atoms with van der Waals surface area (Å²) >= 11 is 0. The average Bonchev–Trinajstić information content (AvgIpc) is 3.35. The minimum Gasteiger partial charge on any atom is -0.495 e. The van der Waals surface area contributed by atoms with Crippen LogP contribution in [0.2, 0.25) is 0 Å². The zero-order chi connectivity index (χ0) is 24.5. The summed E-state index contributed by atoms with van der Waals surface area (Å²) in [5.41, 5.74) is 1.36. The SMILES string of the molecule is CCN1C(=O)C(C)(C)CN(C2CCCC2)c2nc(Nc3ccc(C(=O)NC)cc3OC)ncc21. The van der Waals surface area contributed by atoms with Crippen molar-refractivity contribution < 1.29 is 14.3 Å². The second kappa shape index (κ2) is 9.48. The number of rotatable bonds is 6. The quantitative estimate of drug-likeness (QED) is 0.669. The molecule has 0 spiro atoms. The molecule has 9 nitrogen and oxygen atoms in total. The van der Waals surface area contributed by atoms with Crippen molar-refractivity contribution >= 4 is 35.0 Å².